The third kappa shape index (κ3) is 2.82. The monoisotopic (exact) mass is 225 g/mol. The van der Waals surface area contributed by atoms with Gasteiger partial charge < -0.3 is 10.4 Å². The van der Waals surface area contributed by atoms with Gasteiger partial charge in [0.2, 0.25) is 0 Å². The molecule has 5 nitrogen and oxygen atoms in total. The molecule has 90 valence electrons. The number of amides is 1. The standard InChI is InChI=1S/C11H19N3O2/c1-7-9(8(2)14-13-7)10(16)12-11(3,4)5-6-15/h15H,5-6H2,1-4H3,(H,12,16)(H,13,14). The molecule has 1 aromatic rings. The fraction of sp³-hybridized carbons (Fsp3) is 0.636. The van der Waals surface area contributed by atoms with Gasteiger partial charge in [0.05, 0.1) is 11.3 Å². The van der Waals surface area contributed by atoms with Crippen LogP contribution in [0.15, 0.2) is 0 Å². The van der Waals surface area contributed by atoms with Gasteiger partial charge in [-0.05, 0) is 34.1 Å². The van der Waals surface area contributed by atoms with Gasteiger partial charge >= 0.3 is 0 Å². The fourth-order valence-electron chi connectivity index (χ4n) is 1.60. The van der Waals surface area contributed by atoms with Crippen LogP contribution >= 0.6 is 0 Å². The topological polar surface area (TPSA) is 78.0 Å². The molecule has 0 saturated heterocycles. The second kappa shape index (κ2) is 4.65. The van der Waals surface area contributed by atoms with Crippen molar-refractivity contribution in [2.45, 2.75) is 39.7 Å². The average Bonchev–Trinajstić information content (AvgIpc) is 2.44. The molecular weight excluding hydrogens is 206 g/mol. The van der Waals surface area contributed by atoms with E-state index in [0.29, 0.717) is 17.7 Å². The number of aromatic amines is 1. The molecule has 0 unspecified atom stereocenters. The number of carbonyl (C=O) groups is 1. The van der Waals surface area contributed by atoms with E-state index in [9.17, 15) is 4.79 Å². The Labute approximate surface area is 95.3 Å². The van der Waals surface area contributed by atoms with Crippen LogP contribution in [0.4, 0.5) is 0 Å². The number of hydrogen-bond acceptors (Lipinski definition) is 3. The minimum atomic E-state index is -0.415. The predicted octanol–water partition coefficient (Wildman–Crippen LogP) is 0.917. The number of nitrogens with one attached hydrogen (secondary N) is 2. The molecule has 16 heavy (non-hydrogen) atoms. The third-order valence-electron chi connectivity index (χ3n) is 2.54. The maximum Gasteiger partial charge on any atom is 0.255 e. The number of carbonyl (C=O) groups excluding carboxylic acids is 1. The fourth-order valence-corrected chi connectivity index (χ4v) is 1.60. The van der Waals surface area contributed by atoms with Crippen molar-refractivity contribution in [1.82, 2.24) is 15.5 Å². The summed E-state index contributed by atoms with van der Waals surface area (Å²) in [4.78, 5) is 12.0. The van der Waals surface area contributed by atoms with Gasteiger partial charge in [0, 0.05) is 17.8 Å². The number of nitrogens with zero attached hydrogens (tertiary/aromatic N) is 1. The first-order valence-electron chi connectivity index (χ1n) is 5.32. The van der Waals surface area contributed by atoms with Crippen molar-refractivity contribution < 1.29 is 9.90 Å². The number of aromatic nitrogens is 2. The van der Waals surface area contributed by atoms with Crippen molar-refractivity contribution in [2.24, 2.45) is 0 Å². The highest BCUT2D eigenvalue weighted by Gasteiger charge is 2.23. The van der Waals surface area contributed by atoms with Gasteiger partial charge in [-0.1, -0.05) is 0 Å². The lowest BCUT2D eigenvalue weighted by molar-refractivity contribution is 0.0898. The highest BCUT2D eigenvalue weighted by molar-refractivity contribution is 5.96. The Morgan fingerprint density at radius 1 is 1.50 bits per heavy atom. The summed E-state index contributed by atoms with van der Waals surface area (Å²) in [5.74, 6) is -0.151. The third-order valence-corrected chi connectivity index (χ3v) is 2.54. The zero-order chi connectivity index (χ0) is 12.3. The molecule has 0 aliphatic heterocycles. The lowest BCUT2D eigenvalue weighted by Gasteiger charge is -2.25. The number of hydrogen-bond donors (Lipinski definition) is 3. The molecule has 1 heterocycles. The summed E-state index contributed by atoms with van der Waals surface area (Å²) in [5.41, 5.74) is 1.62. The molecule has 1 rings (SSSR count). The second-order valence-electron chi connectivity index (χ2n) is 4.62. The molecule has 0 radical (unpaired) electrons. The Morgan fingerprint density at radius 3 is 2.56 bits per heavy atom. The van der Waals surface area contributed by atoms with E-state index in [-0.39, 0.29) is 12.5 Å². The number of rotatable bonds is 4. The highest BCUT2D eigenvalue weighted by atomic mass is 16.3. The van der Waals surface area contributed by atoms with Crippen LogP contribution in [0.2, 0.25) is 0 Å². The van der Waals surface area contributed by atoms with Crippen LogP contribution in [-0.4, -0.2) is 33.4 Å². The number of aryl methyl sites for hydroxylation is 2. The van der Waals surface area contributed by atoms with Gasteiger partial charge in [-0.3, -0.25) is 9.89 Å². The number of aliphatic hydroxyl groups excluding tert-OH is 1. The molecule has 0 spiro atoms. The predicted molar refractivity (Wildman–Crippen MR) is 61.3 cm³/mol. The maximum absolute atomic E-state index is 12.0. The first-order valence-corrected chi connectivity index (χ1v) is 5.32. The smallest absolute Gasteiger partial charge is 0.255 e. The molecule has 3 N–H and O–H groups in total. The van der Waals surface area contributed by atoms with Crippen LogP contribution in [0.5, 0.6) is 0 Å². The summed E-state index contributed by atoms with van der Waals surface area (Å²) in [6, 6.07) is 0. The molecular formula is C11H19N3O2. The minimum absolute atomic E-state index is 0.0522. The van der Waals surface area contributed by atoms with Crippen molar-refractivity contribution in [3.8, 4) is 0 Å². The van der Waals surface area contributed by atoms with Crippen LogP contribution < -0.4 is 5.32 Å². The average molecular weight is 225 g/mol. The molecule has 1 aromatic heterocycles. The Bertz CT molecular complexity index is 363. The molecule has 0 fully saturated rings. The minimum Gasteiger partial charge on any atom is -0.396 e. The largest absolute Gasteiger partial charge is 0.396 e. The first kappa shape index (κ1) is 12.7. The zero-order valence-corrected chi connectivity index (χ0v) is 10.2. The van der Waals surface area contributed by atoms with E-state index in [2.05, 4.69) is 15.5 Å². The second-order valence-corrected chi connectivity index (χ2v) is 4.62. The van der Waals surface area contributed by atoms with Crippen molar-refractivity contribution in [3.05, 3.63) is 17.0 Å². The van der Waals surface area contributed by atoms with E-state index in [0.717, 1.165) is 5.69 Å². The van der Waals surface area contributed by atoms with Gasteiger partial charge in [0.15, 0.2) is 0 Å². The Morgan fingerprint density at radius 2 is 2.12 bits per heavy atom. The quantitative estimate of drug-likeness (QED) is 0.713. The summed E-state index contributed by atoms with van der Waals surface area (Å²) in [6.07, 6.45) is 0.523. The molecule has 0 atom stereocenters. The van der Waals surface area contributed by atoms with E-state index in [1.165, 1.54) is 0 Å². The molecule has 0 bridgehead atoms. The molecule has 1 amide bonds. The summed E-state index contributed by atoms with van der Waals surface area (Å²) >= 11 is 0. The highest BCUT2D eigenvalue weighted by Crippen LogP contribution is 2.13. The van der Waals surface area contributed by atoms with Gasteiger partial charge in [-0.15, -0.1) is 0 Å². The lowest BCUT2D eigenvalue weighted by Crippen LogP contribution is -2.44. The van der Waals surface area contributed by atoms with E-state index >= 15 is 0 Å². The van der Waals surface area contributed by atoms with Gasteiger partial charge in [0.1, 0.15) is 0 Å². The van der Waals surface area contributed by atoms with Crippen LogP contribution in [0.25, 0.3) is 0 Å². The summed E-state index contributed by atoms with van der Waals surface area (Å²) < 4.78 is 0. The van der Waals surface area contributed by atoms with Crippen molar-refractivity contribution in [1.29, 1.82) is 0 Å². The maximum atomic E-state index is 12.0. The summed E-state index contributed by atoms with van der Waals surface area (Å²) in [6.45, 7) is 7.42. The van der Waals surface area contributed by atoms with E-state index in [4.69, 9.17) is 5.11 Å². The van der Waals surface area contributed by atoms with Crippen LogP contribution in [-0.2, 0) is 0 Å². The summed E-state index contributed by atoms with van der Waals surface area (Å²) in [7, 11) is 0. The van der Waals surface area contributed by atoms with Crippen LogP contribution in [0.1, 0.15) is 42.0 Å². The SMILES string of the molecule is Cc1n[nH]c(C)c1C(=O)NC(C)(C)CCO. The molecule has 0 saturated carbocycles. The zero-order valence-electron chi connectivity index (χ0n) is 10.2. The Balaban J connectivity index is 2.80. The Hall–Kier alpha value is -1.36. The lowest BCUT2D eigenvalue weighted by atomic mass is 10.0. The van der Waals surface area contributed by atoms with E-state index in [1.54, 1.807) is 6.92 Å². The summed E-state index contributed by atoms with van der Waals surface area (Å²) in [5, 5.41) is 18.5. The van der Waals surface area contributed by atoms with Crippen molar-refractivity contribution in [2.75, 3.05) is 6.61 Å². The van der Waals surface area contributed by atoms with Crippen molar-refractivity contribution >= 4 is 5.91 Å². The van der Waals surface area contributed by atoms with Crippen molar-refractivity contribution in [3.63, 3.8) is 0 Å². The van der Waals surface area contributed by atoms with Gasteiger partial charge in [-0.25, -0.2) is 0 Å². The number of aliphatic hydroxyl groups is 1. The van der Waals surface area contributed by atoms with Crippen LogP contribution in [0, 0.1) is 13.8 Å². The molecule has 0 aliphatic carbocycles. The van der Waals surface area contributed by atoms with E-state index in [1.807, 2.05) is 20.8 Å². The molecule has 0 aliphatic rings. The first-order chi connectivity index (χ1) is 7.37. The normalized spacial score (nSPS) is 11.6. The van der Waals surface area contributed by atoms with Crippen LogP contribution in [0.3, 0.4) is 0 Å². The van der Waals surface area contributed by atoms with Gasteiger partial charge in [0.25, 0.3) is 5.91 Å². The van der Waals surface area contributed by atoms with Gasteiger partial charge in [-0.2, -0.15) is 5.10 Å². The number of H-pyrrole nitrogens is 1. The Kier molecular flexibility index (Phi) is 3.70. The molecule has 5 heteroatoms. The molecule has 0 aromatic carbocycles. The van der Waals surface area contributed by atoms with E-state index < -0.39 is 5.54 Å².